The summed E-state index contributed by atoms with van der Waals surface area (Å²) in [5, 5.41) is 17.5. The summed E-state index contributed by atoms with van der Waals surface area (Å²) >= 11 is 0. The Bertz CT molecular complexity index is 1420. The van der Waals surface area contributed by atoms with E-state index < -0.39 is 5.97 Å². The number of hydrogen-bond acceptors (Lipinski definition) is 5. The highest BCUT2D eigenvalue weighted by Gasteiger charge is 2.19. The first-order valence-electron chi connectivity index (χ1n) is 12.4. The van der Waals surface area contributed by atoms with Crippen molar-refractivity contribution in [3.8, 4) is 0 Å². The number of hydrogen-bond donors (Lipinski definition) is 0. The predicted octanol–water partition coefficient (Wildman–Crippen LogP) is 7.23. The topological polar surface area (TPSA) is 86.7 Å². The van der Waals surface area contributed by atoms with Crippen LogP contribution in [0.15, 0.2) is 71.9 Å². The number of unbranched alkanes of at least 4 members (excludes halogenated alkanes) is 1. The first-order chi connectivity index (χ1) is 17.4. The molecule has 3 aromatic carbocycles. The SMILES string of the molecule is CCCCC(CC)Cn1c2ccc(C(=NOC(C)=O)c3ccccc3)cc2c2cc([N+](=O)[O-])ccc21. The number of fused-ring (bicyclic) bond motifs is 3. The fourth-order valence-corrected chi connectivity index (χ4v) is 4.70. The van der Waals surface area contributed by atoms with Gasteiger partial charge in [-0.1, -0.05) is 74.7 Å². The minimum Gasteiger partial charge on any atom is -0.340 e. The zero-order valence-corrected chi connectivity index (χ0v) is 20.9. The van der Waals surface area contributed by atoms with Crippen molar-refractivity contribution in [2.75, 3.05) is 0 Å². The number of benzene rings is 3. The summed E-state index contributed by atoms with van der Waals surface area (Å²) in [6.07, 6.45) is 4.55. The minimum absolute atomic E-state index is 0.0573. The van der Waals surface area contributed by atoms with Gasteiger partial charge in [-0.25, -0.2) is 4.79 Å². The fraction of sp³-hybridized carbons (Fsp3) is 0.310. The molecule has 0 radical (unpaired) electrons. The molecule has 0 bridgehead atoms. The maximum Gasteiger partial charge on any atom is 0.332 e. The summed E-state index contributed by atoms with van der Waals surface area (Å²) in [5.41, 5.74) is 4.14. The van der Waals surface area contributed by atoms with Gasteiger partial charge >= 0.3 is 5.97 Å². The van der Waals surface area contributed by atoms with Crippen LogP contribution in [0.2, 0.25) is 0 Å². The van der Waals surface area contributed by atoms with E-state index in [2.05, 4.69) is 23.6 Å². The van der Waals surface area contributed by atoms with Gasteiger partial charge in [-0.15, -0.1) is 0 Å². The Morgan fingerprint density at radius 3 is 2.33 bits per heavy atom. The third-order valence-corrected chi connectivity index (χ3v) is 6.63. The molecule has 0 saturated heterocycles. The second-order valence-electron chi connectivity index (χ2n) is 9.11. The van der Waals surface area contributed by atoms with E-state index in [4.69, 9.17) is 4.84 Å². The van der Waals surface area contributed by atoms with Crippen LogP contribution in [0.4, 0.5) is 5.69 Å². The molecule has 0 aliphatic heterocycles. The van der Waals surface area contributed by atoms with Crippen molar-refractivity contribution in [1.82, 2.24) is 4.57 Å². The number of rotatable bonds is 10. The highest BCUT2D eigenvalue weighted by molar-refractivity contribution is 6.17. The van der Waals surface area contributed by atoms with Crippen molar-refractivity contribution >= 4 is 39.2 Å². The monoisotopic (exact) mass is 485 g/mol. The Morgan fingerprint density at radius 1 is 1.00 bits per heavy atom. The van der Waals surface area contributed by atoms with E-state index in [1.54, 1.807) is 12.1 Å². The first kappa shape index (κ1) is 25.1. The number of nitro benzene ring substituents is 1. The Labute approximate surface area is 210 Å². The standard InChI is InChI=1S/C29H31N3O4/c1-4-6-10-21(5-2)19-31-27-15-13-23(29(30-36-20(3)33)22-11-8-7-9-12-22)17-25(27)26-18-24(32(34)35)14-16-28(26)31/h7-9,11-18,21H,4-6,10,19H2,1-3H3. The molecule has 0 saturated carbocycles. The van der Waals surface area contributed by atoms with Crippen molar-refractivity contribution < 1.29 is 14.6 Å². The van der Waals surface area contributed by atoms with Gasteiger partial charge in [-0.05, 0) is 30.5 Å². The first-order valence-corrected chi connectivity index (χ1v) is 12.4. The van der Waals surface area contributed by atoms with Gasteiger partial charge in [0.25, 0.3) is 5.69 Å². The lowest BCUT2D eigenvalue weighted by Crippen LogP contribution is -2.10. The Hall–Kier alpha value is -4.00. The number of nitro groups is 1. The third-order valence-electron chi connectivity index (χ3n) is 6.63. The summed E-state index contributed by atoms with van der Waals surface area (Å²) in [7, 11) is 0. The van der Waals surface area contributed by atoms with Crippen molar-refractivity contribution in [1.29, 1.82) is 0 Å². The van der Waals surface area contributed by atoms with Gasteiger partial charge in [0, 0.05) is 58.5 Å². The fourth-order valence-electron chi connectivity index (χ4n) is 4.70. The Balaban J connectivity index is 1.91. The summed E-state index contributed by atoms with van der Waals surface area (Å²) in [6, 6.07) is 20.6. The number of aromatic nitrogens is 1. The molecule has 36 heavy (non-hydrogen) atoms. The highest BCUT2D eigenvalue weighted by Crippen LogP contribution is 2.34. The van der Waals surface area contributed by atoms with Crippen LogP contribution in [0.3, 0.4) is 0 Å². The predicted molar refractivity (Wildman–Crippen MR) is 143 cm³/mol. The van der Waals surface area contributed by atoms with Crippen LogP contribution in [0.1, 0.15) is 57.6 Å². The van der Waals surface area contributed by atoms with Crippen molar-refractivity contribution in [2.45, 2.75) is 53.0 Å². The van der Waals surface area contributed by atoms with Crippen molar-refractivity contribution in [3.05, 3.63) is 88.0 Å². The molecule has 186 valence electrons. The normalized spacial score (nSPS) is 12.7. The highest BCUT2D eigenvalue weighted by atomic mass is 16.7. The smallest absolute Gasteiger partial charge is 0.332 e. The molecule has 0 N–H and O–H groups in total. The molecular weight excluding hydrogens is 454 g/mol. The van der Waals surface area contributed by atoms with Crippen molar-refractivity contribution in [3.63, 3.8) is 0 Å². The molecule has 1 heterocycles. The van der Waals surface area contributed by atoms with Gasteiger partial charge in [0.15, 0.2) is 0 Å². The van der Waals surface area contributed by atoms with E-state index in [1.165, 1.54) is 13.3 Å². The van der Waals surface area contributed by atoms with Gasteiger partial charge in [-0.3, -0.25) is 10.1 Å². The molecule has 0 aliphatic carbocycles. The van der Waals surface area contributed by atoms with Gasteiger partial charge in [0.1, 0.15) is 5.71 Å². The largest absolute Gasteiger partial charge is 0.340 e. The van der Waals surface area contributed by atoms with E-state index >= 15 is 0 Å². The Morgan fingerprint density at radius 2 is 1.69 bits per heavy atom. The molecule has 1 aromatic heterocycles. The maximum atomic E-state index is 11.6. The second kappa shape index (κ2) is 11.2. The van der Waals surface area contributed by atoms with Crippen LogP contribution in [-0.4, -0.2) is 21.2 Å². The van der Waals surface area contributed by atoms with Crippen LogP contribution in [0.25, 0.3) is 21.8 Å². The maximum absolute atomic E-state index is 11.6. The van der Waals surface area contributed by atoms with Crippen LogP contribution in [-0.2, 0) is 16.2 Å². The van der Waals surface area contributed by atoms with Gasteiger partial charge in [-0.2, -0.15) is 0 Å². The molecule has 7 nitrogen and oxygen atoms in total. The van der Waals surface area contributed by atoms with Crippen LogP contribution < -0.4 is 0 Å². The lowest BCUT2D eigenvalue weighted by molar-refractivity contribution is -0.384. The van der Waals surface area contributed by atoms with Crippen LogP contribution in [0.5, 0.6) is 0 Å². The van der Waals surface area contributed by atoms with Crippen LogP contribution in [0, 0.1) is 16.0 Å². The summed E-state index contributed by atoms with van der Waals surface area (Å²) in [4.78, 5) is 27.7. The van der Waals surface area contributed by atoms with E-state index in [9.17, 15) is 14.9 Å². The average Bonchev–Trinajstić information content (AvgIpc) is 3.19. The summed E-state index contributed by atoms with van der Waals surface area (Å²) < 4.78 is 2.29. The minimum atomic E-state index is -0.505. The number of oxime groups is 1. The molecule has 4 rings (SSSR count). The molecule has 4 aromatic rings. The molecule has 0 amide bonds. The Kier molecular flexibility index (Phi) is 7.78. The molecule has 0 fully saturated rings. The number of carbonyl (C=O) groups excluding carboxylic acids is 1. The average molecular weight is 486 g/mol. The molecule has 0 spiro atoms. The second-order valence-corrected chi connectivity index (χ2v) is 9.11. The number of carbonyl (C=O) groups is 1. The summed E-state index contributed by atoms with van der Waals surface area (Å²) in [6.45, 7) is 6.58. The zero-order valence-electron chi connectivity index (χ0n) is 20.9. The lowest BCUT2D eigenvalue weighted by Gasteiger charge is -2.17. The van der Waals surface area contributed by atoms with Crippen molar-refractivity contribution in [2.24, 2.45) is 11.1 Å². The molecule has 1 atom stereocenters. The van der Waals surface area contributed by atoms with Gasteiger partial charge in [0.2, 0.25) is 0 Å². The molecular formula is C29H31N3O4. The van der Waals surface area contributed by atoms with E-state index in [0.717, 1.165) is 58.7 Å². The van der Waals surface area contributed by atoms with E-state index in [1.807, 2.05) is 54.6 Å². The third kappa shape index (κ3) is 5.30. The zero-order chi connectivity index (χ0) is 25.7. The van der Waals surface area contributed by atoms with Gasteiger partial charge < -0.3 is 9.40 Å². The molecule has 7 heteroatoms. The van der Waals surface area contributed by atoms with E-state index in [-0.39, 0.29) is 10.6 Å². The molecule has 1 unspecified atom stereocenters. The van der Waals surface area contributed by atoms with E-state index in [0.29, 0.717) is 11.6 Å². The van der Waals surface area contributed by atoms with Gasteiger partial charge in [0.05, 0.1) is 4.92 Å². The summed E-state index contributed by atoms with van der Waals surface area (Å²) in [5.74, 6) is 0.0125. The number of nitrogens with zero attached hydrogens (tertiary/aromatic N) is 3. The quantitative estimate of drug-likeness (QED) is 0.103. The van der Waals surface area contributed by atoms with Crippen LogP contribution >= 0.6 is 0 Å². The molecule has 0 aliphatic rings. The number of non-ortho nitro benzene ring substituents is 1. The lowest BCUT2D eigenvalue weighted by atomic mass is 9.99.